The van der Waals surface area contributed by atoms with Gasteiger partial charge in [0, 0.05) is 6.10 Å². The van der Waals surface area contributed by atoms with Crippen LogP contribution in [0.4, 0.5) is 0 Å². The van der Waals surface area contributed by atoms with Gasteiger partial charge in [0.05, 0.1) is 6.10 Å². The molecule has 0 heterocycles. The van der Waals surface area contributed by atoms with Gasteiger partial charge in [-0.1, -0.05) is 34.1 Å². The molecule has 2 rings (SSSR count). The van der Waals surface area contributed by atoms with Crippen molar-refractivity contribution in [3.63, 3.8) is 0 Å². The van der Waals surface area contributed by atoms with E-state index in [0.29, 0.717) is 23.4 Å². The number of hydrogen-bond acceptors (Lipinski definition) is 2. The summed E-state index contributed by atoms with van der Waals surface area (Å²) in [7, 11) is -1.70. The number of aliphatic hydroxyl groups excluding tert-OH is 1. The maximum Gasteiger partial charge on any atom is 0.192 e. The molecule has 2 fully saturated rings. The van der Waals surface area contributed by atoms with Crippen LogP contribution < -0.4 is 0 Å². The Labute approximate surface area is 132 Å². The molecular formula is C18H36O2Si. The lowest BCUT2D eigenvalue weighted by molar-refractivity contribution is -0.0384. The standard InChI is InChI=1S/C18H36O2Si/c1-13(19)14-10-11-15-16(9-8-12-18(14,15)5)20-21(6,7)17(2,3)4/h13-16,19H,8-12H2,1-7H3/t13-,14?,15?,16+,18?/m1/s1. The molecule has 2 aliphatic carbocycles. The highest BCUT2D eigenvalue weighted by atomic mass is 28.4. The minimum absolute atomic E-state index is 0.174. The maximum atomic E-state index is 10.2. The first-order valence-electron chi connectivity index (χ1n) is 8.85. The highest BCUT2D eigenvalue weighted by molar-refractivity contribution is 6.74. The molecule has 0 saturated heterocycles. The monoisotopic (exact) mass is 312 g/mol. The second-order valence-electron chi connectivity index (χ2n) is 9.35. The van der Waals surface area contributed by atoms with Crippen LogP contribution in [0.2, 0.25) is 18.1 Å². The normalized spacial score (nSPS) is 39.1. The second-order valence-corrected chi connectivity index (χ2v) is 14.1. The molecule has 0 aromatic rings. The van der Waals surface area contributed by atoms with Crippen LogP contribution in [0.5, 0.6) is 0 Å². The van der Waals surface area contributed by atoms with Crippen LogP contribution >= 0.6 is 0 Å². The van der Waals surface area contributed by atoms with Gasteiger partial charge in [0.25, 0.3) is 0 Å². The van der Waals surface area contributed by atoms with Crippen molar-refractivity contribution in [3.8, 4) is 0 Å². The van der Waals surface area contributed by atoms with Crippen molar-refractivity contribution in [2.45, 2.75) is 97.1 Å². The van der Waals surface area contributed by atoms with Gasteiger partial charge in [-0.2, -0.15) is 0 Å². The van der Waals surface area contributed by atoms with Gasteiger partial charge in [0.15, 0.2) is 8.32 Å². The van der Waals surface area contributed by atoms with Crippen LogP contribution in [-0.4, -0.2) is 25.6 Å². The first-order chi connectivity index (χ1) is 9.49. The van der Waals surface area contributed by atoms with E-state index in [4.69, 9.17) is 4.43 Å². The number of aliphatic hydroxyl groups is 1. The summed E-state index contributed by atoms with van der Waals surface area (Å²) in [6.45, 7) is 16.1. The molecule has 2 nitrogen and oxygen atoms in total. The third-order valence-electron chi connectivity index (χ3n) is 6.97. The molecule has 2 saturated carbocycles. The van der Waals surface area contributed by atoms with Gasteiger partial charge in [-0.25, -0.2) is 0 Å². The van der Waals surface area contributed by atoms with Crippen LogP contribution in [0.3, 0.4) is 0 Å². The summed E-state index contributed by atoms with van der Waals surface area (Å²) in [4.78, 5) is 0. The van der Waals surface area contributed by atoms with Gasteiger partial charge >= 0.3 is 0 Å². The summed E-state index contributed by atoms with van der Waals surface area (Å²) < 4.78 is 6.81. The van der Waals surface area contributed by atoms with Gasteiger partial charge in [0.1, 0.15) is 0 Å². The Kier molecular flexibility index (Phi) is 4.70. The van der Waals surface area contributed by atoms with E-state index in [2.05, 4.69) is 40.8 Å². The molecule has 2 aliphatic rings. The molecule has 0 aliphatic heterocycles. The van der Waals surface area contributed by atoms with E-state index in [0.717, 1.165) is 0 Å². The summed E-state index contributed by atoms with van der Waals surface area (Å²) in [5.41, 5.74) is 0.291. The van der Waals surface area contributed by atoms with E-state index in [1.165, 1.54) is 32.1 Å². The summed E-state index contributed by atoms with van der Waals surface area (Å²) in [5, 5.41) is 10.5. The van der Waals surface area contributed by atoms with Crippen molar-refractivity contribution in [1.82, 2.24) is 0 Å². The van der Waals surface area contributed by atoms with Gasteiger partial charge < -0.3 is 9.53 Å². The third-order valence-corrected chi connectivity index (χ3v) is 11.5. The summed E-state index contributed by atoms with van der Waals surface area (Å²) in [6, 6.07) is 0. The summed E-state index contributed by atoms with van der Waals surface area (Å²) >= 11 is 0. The van der Waals surface area contributed by atoms with Crippen molar-refractivity contribution in [1.29, 1.82) is 0 Å². The molecule has 21 heavy (non-hydrogen) atoms. The van der Waals surface area contributed by atoms with E-state index in [1.54, 1.807) is 0 Å². The van der Waals surface area contributed by atoms with Crippen molar-refractivity contribution < 1.29 is 9.53 Å². The van der Waals surface area contributed by atoms with E-state index in [-0.39, 0.29) is 11.1 Å². The van der Waals surface area contributed by atoms with Crippen molar-refractivity contribution in [3.05, 3.63) is 0 Å². The Balaban J connectivity index is 2.17. The molecule has 5 atom stereocenters. The van der Waals surface area contributed by atoms with Crippen LogP contribution in [0.15, 0.2) is 0 Å². The molecule has 0 amide bonds. The van der Waals surface area contributed by atoms with Crippen molar-refractivity contribution >= 4 is 8.32 Å². The van der Waals surface area contributed by atoms with E-state index in [9.17, 15) is 5.11 Å². The van der Waals surface area contributed by atoms with Gasteiger partial charge in [-0.3, -0.25) is 0 Å². The van der Waals surface area contributed by atoms with E-state index >= 15 is 0 Å². The number of fused-ring (bicyclic) bond motifs is 1. The average molecular weight is 313 g/mol. The fraction of sp³-hybridized carbons (Fsp3) is 1.00. The summed E-state index contributed by atoms with van der Waals surface area (Å²) in [6.07, 6.45) is 6.42. The topological polar surface area (TPSA) is 29.5 Å². The zero-order chi connectivity index (χ0) is 16.1. The minimum Gasteiger partial charge on any atom is -0.414 e. The first kappa shape index (κ1) is 17.5. The molecule has 0 aromatic carbocycles. The third kappa shape index (κ3) is 3.11. The van der Waals surface area contributed by atoms with Crippen molar-refractivity contribution in [2.75, 3.05) is 0 Å². The van der Waals surface area contributed by atoms with Crippen LogP contribution in [0.25, 0.3) is 0 Å². The molecule has 0 aromatic heterocycles. The Morgan fingerprint density at radius 2 is 1.81 bits per heavy atom. The van der Waals surface area contributed by atoms with Crippen molar-refractivity contribution in [2.24, 2.45) is 17.3 Å². The second kappa shape index (κ2) is 5.65. The predicted octanol–water partition coefficient (Wildman–Crippen LogP) is 4.97. The van der Waals surface area contributed by atoms with Crippen LogP contribution in [0, 0.1) is 17.3 Å². The predicted molar refractivity (Wildman–Crippen MR) is 91.9 cm³/mol. The van der Waals surface area contributed by atoms with Gasteiger partial charge in [-0.05, 0) is 68.0 Å². The molecule has 124 valence electrons. The molecule has 3 heteroatoms. The zero-order valence-corrected chi connectivity index (χ0v) is 16.2. The molecule has 3 unspecified atom stereocenters. The number of rotatable bonds is 3. The first-order valence-corrected chi connectivity index (χ1v) is 11.8. The maximum absolute atomic E-state index is 10.2. The van der Waals surface area contributed by atoms with Gasteiger partial charge in [-0.15, -0.1) is 0 Å². The quantitative estimate of drug-likeness (QED) is 0.745. The average Bonchev–Trinajstić information content (AvgIpc) is 2.65. The number of hydrogen-bond donors (Lipinski definition) is 1. The molecule has 0 spiro atoms. The lowest BCUT2D eigenvalue weighted by atomic mass is 9.63. The highest BCUT2D eigenvalue weighted by Gasteiger charge is 2.54. The zero-order valence-electron chi connectivity index (χ0n) is 15.2. The molecular weight excluding hydrogens is 276 g/mol. The van der Waals surface area contributed by atoms with Gasteiger partial charge in [0.2, 0.25) is 0 Å². The SMILES string of the molecule is C[C@@H](O)C1CCC2[C@@H](O[Si](C)(C)C(C)(C)C)CCCC21C. The summed E-state index contributed by atoms with van der Waals surface area (Å²) in [5.74, 6) is 1.12. The minimum atomic E-state index is -1.70. The Bertz CT molecular complexity index is 372. The largest absolute Gasteiger partial charge is 0.414 e. The Morgan fingerprint density at radius 1 is 1.19 bits per heavy atom. The van der Waals surface area contributed by atoms with Crippen LogP contribution in [0.1, 0.15) is 66.7 Å². The Hall–Kier alpha value is 0.137. The Morgan fingerprint density at radius 3 is 2.33 bits per heavy atom. The molecule has 0 bridgehead atoms. The molecule has 0 radical (unpaired) electrons. The highest BCUT2D eigenvalue weighted by Crippen LogP contribution is 2.58. The lowest BCUT2D eigenvalue weighted by Crippen LogP contribution is -2.50. The van der Waals surface area contributed by atoms with E-state index in [1.807, 2.05) is 6.92 Å². The van der Waals surface area contributed by atoms with Crippen LogP contribution in [-0.2, 0) is 4.43 Å². The molecule has 1 N–H and O–H groups in total. The fourth-order valence-corrected chi connectivity index (χ4v) is 6.04. The fourth-order valence-electron chi connectivity index (χ4n) is 4.65. The smallest absolute Gasteiger partial charge is 0.192 e. The lowest BCUT2D eigenvalue weighted by Gasteiger charge is -2.49. The van der Waals surface area contributed by atoms with E-state index < -0.39 is 8.32 Å².